The number of anilines is 1. The van der Waals surface area contributed by atoms with Crippen LogP contribution in [0.1, 0.15) is 23.0 Å². The maximum atomic E-state index is 12.0. The van der Waals surface area contributed by atoms with Gasteiger partial charge < -0.3 is 14.8 Å². The first-order valence-electron chi connectivity index (χ1n) is 6.34. The summed E-state index contributed by atoms with van der Waals surface area (Å²) in [6.07, 6.45) is 1.60. The Morgan fingerprint density at radius 3 is 2.57 bits per heavy atom. The van der Waals surface area contributed by atoms with Gasteiger partial charge >= 0.3 is 5.97 Å². The van der Waals surface area contributed by atoms with Crippen LogP contribution in [0.25, 0.3) is 0 Å². The minimum Gasteiger partial charge on any atom is -0.478 e. The lowest BCUT2D eigenvalue weighted by atomic mass is 10.2. The normalized spacial score (nSPS) is 11.9. The van der Waals surface area contributed by atoms with Crippen LogP contribution in [0.15, 0.2) is 47.1 Å². The van der Waals surface area contributed by atoms with Crippen molar-refractivity contribution in [3.05, 3.63) is 54.0 Å². The van der Waals surface area contributed by atoms with E-state index in [0.29, 0.717) is 11.4 Å². The van der Waals surface area contributed by atoms with Crippen LogP contribution in [0.2, 0.25) is 0 Å². The topological polar surface area (TPSA) is 79.5 Å². The highest BCUT2D eigenvalue weighted by atomic mass is 32.2. The molecule has 0 fully saturated rings. The maximum absolute atomic E-state index is 12.0. The maximum Gasteiger partial charge on any atom is 0.335 e. The molecule has 0 spiro atoms. The Bertz CT molecular complexity index is 607. The number of amides is 1. The number of carboxylic acids is 1. The van der Waals surface area contributed by atoms with Crippen molar-refractivity contribution in [2.75, 3.05) is 5.32 Å². The summed E-state index contributed by atoms with van der Waals surface area (Å²) in [5.74, 6) is 0.329. The molecule has 2 rings (SSSR count). The molecule has 0 aliphatic rings. The summed E-state index contributed by atoms with van der Waals surface area (Å²) in [6, 6.07) is 9.74. The summed E-state index contributed by atoms with van der Waals surface area (Å²) < 4.78 is 5.21. The lowest BCUT2D eigenvalue weighted by molar-refractivity contribution is -0.115. The molecule has 0 aliphatic carbocycles. The van der Waals surface area contributed by atoms with Crippen molar-refractivity contribution in [2.45, 2.75) is 17.9 Å². The molecule has 1 amide bonds. The number of aromatic carboxylic acids is 1. The molecule has 1 atom stereocenters. The summed E-state index contributed by atoms with van der Waals surface area (Å²) in [5, 5.41) is 11.3. The smallest absolute Gasteiger partial charge is 0.335 e. The van der Waals surface area contributed by atoms with Gasteiger partial charge in [0, 0.05) is 5.69 Å². The molecule has 1 aromatic carbocycles. The highest BCUT2D eigenvalue weighted by molar-refractivity contribution is 7.99. The van der Waals surface area contributed by atoms with E-state index in [1.807, 2.05) is 19.1 Å². The molecular formula is C15H15NO4S. The van der Waals surface area contributed by atoms with Crippen molar-refractivity contribution < 1.29 is 19.1 Å². The van der Waals surface area contributed by atoms with Crippen LogP contribution in [-0.4, -0.2) is 22.2 Å². The average Bonchev–Trinajstić information content (AvgIpc) is 2.98. The first-order valence-corrected chi connectivity index (χ1v) is 7.39. The van der Waals surface area contributed by atoms with Crippen LogP contribution in [0.4, 0.5) is 5.69 Å². The number of carbonyl (C=O) groups is 2. The molecule has 0 radical (unpaired) electrons. The van der Waals surface area contributed by atoms with E-state index in [1.54, 1.807) is 18.4 Å². The Balaban J connectivity index is 1.86. The minimum atomic E-state index is -0.991. The van der Waals surface area contributed by atoms with Gasteiger partial charge in [-0.2, -0.15) is 0 Å². The van der Waals surface area contributed by atoms with Crippen molar-refractivity contribution in [1.82, 2.24) is 0 Å². The molecule has 0 saturated carbocycles. The fraction of sp³-hybridized carbons (Fsp3) is 0.200. The number of nitrogens with one attached hydrogen (secondary N) is 1. The van der Waals surface area contributed by atoms with Gasteiger partial charge in [-0.3, -0.25) is 4.79 Å². The third kappa shape index (κ3) is 4.39. The van der Waals surface area contributed by atoms with E-state index in [2.05, 4.69) is 5.32 Å². The molecule has 110 valence electrons. The second-order valence-corrected chi connectivity index (χ2v) is 5.73. The molecule has 5 nitrogen and oxygen atoms in total. The van der Waals surface area contributed by atoms with Crippen molar-refractivity contribution in [3.8, 4) is 0 Å². The predicted octanol–water partition coefficient (Wildman–Crippen LogP) is 3.24. The standard InChI is InChI=1S/C15H15NO4S/c1-10(21-9-13-3-2-8-20-13)14(17)16-12-6-4-11(5-7-12)15(18)19/h2-8,10H,9H2,1H3,(H,16,17)(H,18,19). The van der Waals surface area contributed by atoms with Gasteiger partial charge in [0.1, 0.15) is 5.76 Å². The third-order valence-electron chi connectivity index (χ3n) is 2.82. The number of rotatable bonds is 6. The number of hydrogen-bond donors (Lipinski definition) is 2. The van der Waals surface area contributed by atoms with Gasteiger partial charge in [0.15, 0.2) is 0 Å². The molecule has 2 aromatic rings. The molecule has 1 aromatic heterocycles. The first-order chi connectivity index (χ1) is 10.1. The van der Waals surface area contributed by atoms with Crippen LogP contribution >= 0.6 is 11.8 Å². The van der Waals surface area contributed by atoms with E-state index in [-0.39, 0.29) is 16.7 Å². The number of carbonyl (C=O) groups excluding carboxylic acids is 1. The number of thioether (sulfide) groups is 1. The highest BCUT2D eigenvalue weighted by Crippen LogP contribution is 2.19. The van der Waals surface area contributed by atoms with Crippen molar-refractivity contribution in [3.63, 3.8) is 0 Å². The van der Waals surface area contributed by atoms with E-state index >= 15 is 0 Å². The van der Waals surface area contributed by atoms with Crippen LogP contribution in [0.5, 0.6) is 0 Å². The van der Waals surface area contributed by atoms with Crippen molar-refractivity contribution in [2.24, 2.45) is 0 Å². The Hall–Kier alpha value is -2.21. The second kappa shape index (κ2) is 6.99. The Labute approximate surface area is 126 Å². The lowest BCUT2D eigenvalue weighted by Gasteiger charge is -2.11. The summed E-state index contributed by atoms with van der Waals surface area (Å²) in [7, 11) is 0. The molecule has 0 bridgehead atoms. The van der Waals surface area contributed by atoms with Gasteiger partial charge in [-0.15, -0.1) is 11.8 Å². The summed E-state index contributed by atoms with van der Waals surface area (Å²) >= 11 is 1.47. The fourth-order valence-electron chi connectivity index (χ4n) is 1.62. The molecule has 1 unspecified atom stereocenters. The fourth-order valence-corrected chi connectivity index (χ4v) is 2.41. The van der Waals surface area contributed by atoms with E-state index in [4.69, 9.17) is 9.52 Å². The summed E-state index contributed by atoms with van der Waals surface area (Å²) in [5.41, 5.74) is 0.767. The molecule has 21 heavy (non-hydrogen) atoms. The monoisotopic (exact) mass is 305 g/mol. The number of carboxylic acid groups (broad SMARTS) is 1. The van der Waals surface area contributed by atoms with Crippen molar-refractivity contribution in [1.29, 1.82) is 0 Å². The third-order valence-corrected chi connectivity index (χ3v) is 3.99. The van der Waals surface area contributed by atoms with Gasteiger partial charge in [-0.05, 0) is 43.3 Å². The number of hydrogen-bond acceptors (Lipinski definition) is 4. The SMILES string of the molecule is CC(SCc1ccco1)C(=O)Nc1ccc(C(=O)O)cc1. The first kappa shape index (κ1) is 15.2. The van der Waals surface area contributed by atoms with Crippen LogP contribution in [0, 0.1) is 0 Å². The van der Waals surface area contributed by atoms with E-state index in [0.717, 1.165) is 5.76 Å². The predicted molar refractivity (Wildman–Crippen MR) is 81.5 cm³/mol. The van der Waals surface area contributed by atoms with Crippen LogP contribution in [0.3, 0.4) is 0 Å². The zero-order valence-corrected chi connectivity index (χ0v) is 12.2. The van der Waals surface area contributed by atoms with E-state index < -0.39 is 5.97 Å². The summed E-state index contributed by atoms with van der Waals surface area (Å²) in [6.45, 7) is 1.81. The van der Waals surface area contributed by atoms with Gasteiger partial charge in [-0.25, -0.2) is 4.79 Å². The van der Waals surface area contributed by atoms with Gasteiger partial charge in [0.05, 0.1) is 22.8 Å². The lowest BCUT2D eigenvalue weighted by Crippen LogP contribution is -2.22. The Kier molecular flexibility index (Phi) is 5.05. The van der Waals surface area contributed by atoms with E-state index in [9.17, 15) is 9.59 Å². The highest BCUT2D eigenvalue weighted by Gasteiger charge is 2.14. The molecule has 0 saturated heterocycles. The van der Waals surface area contributed by atoms with Crippen LogP contribution in [-0.2, 0) is 10.5 Å². The quantitative estimate of drug-likeness (QED) is 0.856. The van der Waals surface area contributed by atoms with Gasteiger partial charge in [0.2, 0.25) is 5.91 Å². The van der Waals surface area contributed by atoms with Gasteiger partial charge in [0.25, 0.3) is 0 Å². The molecule has 0 aliphatic heterocycles. The zero-order chi connectivity index (χ0) is 15.2. The molecule has 1 heterocycles. The molecule has 2 N–H and O–H groups in total. The van der Waals surface area contributed by atoms with E-state index in [1.165, 1.54) is 23.9 Å². The van der Waals surface area contributed by atoms with Crippen LogP contribution < -0.4 is 5.32 Å². The van der Waals surface area contributed by atoms with Gasteiger partial charge in [-0.1, -0.05) is 0 Å². The average molecular weight is 305 g/mol. The molecule has 6 heteroatoms. The second-order valence-electron chi connectivity index (χ2n) is 4.40. The summed E-state index contributed by atoms with van der Waals surface area (Å²) in [4.78, 5) is 22.8. The zero-order valence-electron chi connectivity index (χ0n) is 11.4. The largest absolute Gasteiger partial charge is 0.478 e. The minimum absolute atomic E-state index is 0.130. The number of furan rings is 1. The Morgan fingerprint density at radius 1 is 1.29 bits per heavy atom. The van der Waals surface area contributed by atoms with Crippen molar-refractivity contribution >= 4 is 29.3 Å². The Morgan fingerprint density at radius 2 is 2.00 bits per heavy atom. The number of benzene rings is 1. The molecular weight excluding hydrogens is 290 g/mol.